The van der Waals surface area contributed by atoms with Crippen molar-refractivity contribution in [2.45, 2.75) is 13.5 Å². The van der Waals surface area contributed by atoms with Crippen LogP contribution in [0, 0.1) is 0 Å². The number of hydrogen-bond acceptors (Lipinski definition) is 5. The van der Waals surface area contributed by atoms with Crippen molar-refractivity contribution in [2.75, 3.05) is 5.43 Å². The molecule has 3 rings (SSSR count). The van der Waals surface area contributed by atoms with Crippen molar-refractivity contribution in [3.8, 4) is 0 Å². The van der Waals surface area contributed by atoms with Gasteiger partial charge in [0.2, 0.25) is 5.95 Å². The molecule has 2 aromatic heterocycles. The van der Waals surface area contributed by atoms with Crippen molar-refractivity contribution in [3.63, 3.8) is 0 Å². The van der Waals surface area contributed by atoms with Crippen molar-refractivity contribution in [1.29, 1.82) is 0 Å². The first-order chi connectivity index (χ1) is 12.5. The normalized spacial score (nSPS) is 11.8. The summed E-state index contributed by atoms with van der Waals surface area (Å²) in [6, 6.07) is 7.65. The number of benzene rings is 1. The monoisotopic (exact) mass is 416 g/mol. The molecule has 0 saturated carbocycles. The molecule has 2 heterocycles. The number of aromatic nitrogens is 4. The van der Waals surface area contributed by atoms with Gasteiger partial charge in [-0.15, -0.1) is 0 Å². The predicted octanol–water partition coefficient (Wildman–Crippen LogP) is 2.21. The molecule has 0 fully saturated rings. The predicted molar refractivity (Wildman–Crippen MR) is 106 cm³/mol. The summed E-state index contributed by atoms with van der Waals surface area (Å²) >= 11 is 3.38. The molecule has 1 aromatic carbocycles. The molecule has 0 saturated heterocycles. The third-order valence-electron chi connectivity index (χ3n) is 3.78. The lowest BCUT2D eigenvalue weighted by Gasteiger charge is -2.04. The highest BCUT2D eigenvalue weighted by molar-refractivity contribution is 9.10. The van der Waals surface area contributed by atoms with Crippen LogP contribution in [-0.2, 0) is 13.6 Å². The third kappa shape index (κ3) is 3.52. The first kappa shape index (κ1) is 17.9. The van der Waals surface area contributed by atoms with Gasteiger partial charge in [-0.2, -0.15) is 10.1 Å². The molecule has 134 valence electrons. The van der Waals surface area contributed by atoms with Crippen LogP contribution >= 0.6 is 15.9 Å². The summed E-state index contributed by atoms with van der Waals surface area (Å²) in [6.07, 6.45) is 5.40. The second-order valence-corrected chi connectivity index (χ2v) is 6.44. The number of hydrogen-bond donors (Lipinski definition) is 2. The zero-order valence-electron chi connectivity index (χ0n) is 14.2. The Morgan fingerprint density at radius 3 is 2.73 bits per heavy atom. The lowest BCUT2D eigenvalue weighted by atomic mass is 10.2. The van der Waals surface area contributed by atoms with E-state index in [0.717, 1.165) is 10.0 Å². The van der Waals surface area contributed by atoms with E-state index in [1.54, 1.807) is 17.8 Å². The summed E-state index contributed by atoms with van der Waals surface area (Å²) in [6.45, 7) is 2.31. The molecule has 0 aliphatic rings. The van der Waals surface area contributed by atoms with Crippen molar-refractivity contribution in [2.24, 2.45) is 12.1 Å². The lowest BCUT2D eigenvalue weighted by molar-refractivity contribution is 0.818. The maximum atomic E-state index is 12.3. The zero-order chi connectivity index (χ0) is 18.7. The van der Waals surface area contributed by atoms with Gasteiger partial charge in [-0.05, 0) is 24.6 Å². The summed E-state index contributed by atoms with van der Waals surface area (Å²) in [5.41, 5.74) is 3.38. The van der Waals surface area contributed by atoms with Crippen molar-refractivity contribution in [1.82, 2.24) is 19.1 Å². The SMILES string of the molecule is C/C=C/Cn1c(N/N=C\c2ccc(Br)cc2)nc2c1c(=O)[nH]c(=O)n2C. The maximum Gasteiger partial charge on any atom is 0.329 e. The van der Waals surface area contributed by atoms with E-state index in [0.29, 0.717) is 23.7 Å². The largest absolute Gasteiger partial charge is 0.329 e. The topological polar surface area (TPSA) is 97.1 Å². The van der Waals surface area contributed by atoms with Crippen LogP contribution in [-0.4, -0.2) is 25.3 Å². The van der Waals surface area contributed by atoms with E-state index in [4.69, 9.17) is 0 Å². The molecule has 0 unspecified atom stereocenters. The highest BCUT2D eigenvalue weighted by Crippen LogP contribution is 2.15. The number of fused-ring (bicyclic) bond motifs is 1. The van der Waals surface area contributed by atoms with Crippen LogP contribution in [0.3, 0.4) is 0 Å². The molecular formula is C17H17BrN6O2. The van der Waals surface area contributed by atoms with E-state index >= 15 is 0 Å². The van der Waals surface area contributed by atoms with Crippen molar-refractivity contribution >= 4 is 39.3 Å². The van der Waals surface area contributed by atoms with Crippen LogP contribution in [0.1, 0.15) is 12.5 Å². The highest BCUT2D eigenvalue weighted by atomic mass is 79.9. The van der Waals surface area contributed by atoms with Crippen LogP contribution in [0.25, 0.3) is 11.2 Å². The molecule has 0 amide bonds. The maximum absolute atomic E-state index is 12.3. The Kier molecular flexibility index (Phi) is 5.17. The number of rotatable bonds is 5. The standard InChI is InChI=1S/C17H17BrN6O2/c1-3-4-9-24-13-14(23(2)17(26)21-15(13)25)20-16(24)22-19-10-11-5-7-12(18)8-6-11/h3-8,10H,9H2,1-2H3,(H,20,22)(H,21,25,26)/b4-3+,19-10-. The Hall–Kier alpha value is -2.94. The summed E-state index contributed by atoms with van der Waals surface area (Å²) < 4.78 is 3.95. The summed E-state index contributed by atoms with van der Waals surface area (Å²) in [7, 11) is 1.56. The third-order valence-corrected chi connectivity index (χ3v) is 4.31. The fourth-order valence-electron chi connectivity index (χ4n) is 2.42. The average molecular weight is 417 g/mol. The Bertz CT molecular complexity index is 1110. The van der Waals surface area contributed by atoms with Gasteiger partial charge in [0.25, 0.3) is 5.56 Å². The number of aryl methyl sites for hydroxylation is 1. The number of imidazole rings is 1. The molecule has 0 radical (unpaired) electrons. The van der Waals surface area contributed by atoms with Gasteiger partial charge in [0, 0.05) is 18.1 Å². The fourth-order valence-corrected chi connectivity index (χ4v) is 2.69. The Balaban J connectivity index is 2.02. The quantitative estimate of drug-likeness (QED) is 0.378. The molecule has 0 aliphatic heterocycles. The molecule has 8 nitrogen and oxygen atoms in total. The summed E-state index contributed by atoms with van der Waals surface area (Å²) in [4.78, 5) is 30.7. The fraction of sp³-hybridized carbons (Fsp3) is 0.176. The van der Waals surface area contributed by atoms with Gasteiger partial charge >= 0.3 is 5.69 Å². The van der Waals surface area contributed by atoms with Gasteiger partial charge in [0.05, 0.1) is 6.21 Å². The van der Waals surface area contributed by atoms with Gasteiger partial charge in [0.15, 0.2) is 11.2 Å². The van der Waals surface area contributed by atoms with E-state index in [-0.39, 0.29) is 0 Å². The number of H-pyrrole nitrogens is 1. The molecular weight excluding hydrogens is 400 g/mol. The van der Waals surface area contributed by atoms with Crippen molar-refractivity contribution < 1.29 is 0 Å². The second-order valence-electron chi connectivity index (χ2n) is 5.53. The minimum absolute atomic E-state index is 0.296. The highest BCUT2D eigenvalue weighted by Gasteiger charge is 2.16. The number of nitrogens with zero attached hydrogens (tertiary/aromatic N) is 4. The molecule has 2 N–H and O–H groups in total. The first-order valence-corrected chi connectivity index (χ1v) is 8.66. The van der Waals surface area contributed by atoms with Crippen LogP contribution in [0.2, 0.25) is 0 Å². The number of halogens is 1. The first-order valence-electron chi connectivity index (χ1n) is 7.86. The molecule has 3 aromatic rings. The smallest absolute Gasteiger partial charge is 0.299 e. The van der Waals surface area contributed by atoms with E-state index in [1.165, 1.54) is 4.57 Å². The minimum Gasteiger partial charge on any atom is -0.299 e. The Labute approximate surface area is 157 Å². The van der Waals surface area contributed by atoms with E-state index in [2.05, 4.69) is 36.4 Å². The van der Waals surface area contributed by atoms with Crippen LogP contribution < -0.4 is 16.7 Å². The number of aromatic amines is 1. The van der Waals surface area contributed by atoms with E-state index in [9.17, 15) is 9.59 Å². The van der Waals surface area contributed by atoms with Crippen LogP contribution in [0.5, 0.6) is 0 Å². The van der Waals surface area contributed by atoms with Gasteiger partial charge in [-0.25, -0.2) is 10.2 Å². The Morgan fingerprint density at radius 2 is 2.04 bits per heavy atom. The molecule has 26 heavy (non-hydrogen) atoms. The minimum atomic E-state index is -0.511. The average Bonchev–Trinajstić information content (AvgIpc) is 2.99. The molecule has 0 atom stereocenters. The van der Waals surface area contributed by atoms with Crippen LogP contribution in [0.4, 0.5) is 5.95 Å². The number of allylic oxidation sites excluding steroid dienone is 2. The van der Waals surface area contributed by atoms with Gasteiger partial charge in [-0.1, -0.05) is 40.2 Å². The number of hydrazone groups is 1. The van der Waals surface area contributed by atoms with E-state index in [1.807, 2.05) is 43.3 Å². The summed E-state index contributed by atoms with van der Waals surface area (Å²) in [5.74, 6) is 0.373. The molecule has 0 spiro atoms. The van der Waals surface area contributed by atoms with Crippen molar-refractivity contribution in [3.05, 3.63) is 67.3 Å². The molecule has 9 heteroatoms. The molecule has 0 bridgehead atoms. The Morgan fingerprint density at radius 1 is 1.31 bits per heavy atom. The molecule has 0 aliphatic carbocycles. The van der Waals surface area contributed by atoms with Crippen LogP contribution in [0.15, 0.2) is 55.6 Å². The van der Waals surface area contributed by atoms with E-state index < -0.39 is 11.2 Å². The number of anilines is 1. The number of nitrogens with one attached hydrogen (secondary N) is 2. The van der Waals surface area contributed by atoms with Gasteiger partial charge in [0.1, 0.15) is 0 Å². The zero-order valence-corrected chi connectivity index (χ0v) is 15.8. The van der Waals surface area contributed by atoms with Gasteiger partial charge < -0.3 is 0 Å². The summed E-state index contributed by atoms with van der Waals surface area (Å²) in [5, 5.41) is 4.19. The lowest BCUT2D eigenvalue weighted by Crippen LogP contribution is -2.29. The second kappa shape index (κ2) is 7.52. The van der Waals surface area contributed by atoms with Gasteiger partial charge in [-0.3, -0.25) is 18.9 Å².